The van der Waals surface area contributed by atoms with Crippen LogP contribution in [0.2, 0.25) is 0 Å². The molecule has 29 heavy (non-hydrogen) atoms. The third kappa shape index (κ3) is 4.69. The predicted octanol–water partition coefficient (Wildman–Crippen LogP) is 2.50. The first-order valence-corrected chi connectivity index (χ1v) is 11.5. The predicted molar refractivity (Wildman–Crippen MR) is 104 cm³/mol. The van der Waals surface area contributed by atoms with Crippen molar-refractivity contribution in [2.45, 2.75) is 9.92 Å². The molecule has 152 valence electrons. The fourth-order valence-electron chi connectivity index (χ4n) is 2.45. The van der Waals surface area contributed by atoms with E-state index in [0.717, 1.165) is 18.4 Å². The maximum Gasteiger partial charge on any atom is 0.265 e. The molecule has 0 saturated carbocycles. The van der Waals surface area contributed by atoms with Crippen molar-refractivity contribution in [1.82, 2.24) is 10.2 Å². The molecule has 8 nitrogen and oxygen atoms in total. The molecule has 0 aliphatic rings. The summed E-state index contributed by atoms with van der Waals surface area (Å²) in [5, 5.41) is 7.41. The summed E-state index contributed by atoms with van der Waals surface area (Å²) in [6.07, 6.45) is 1.03. The van der Waals surface area contributed by atoms with E-state index in [2.05, 4.69) is 14.9 Å². The molecule has 0 saturated heterocycles. The van der Waals surface area contributed by atoms with Crippen LogP contribution in [0.25, 0.3) is 11.3 Å². The number of methoxy groups -OCH3 is 1. The molecule has 0 radical (unpaired) electrons. The van der Waals surface area contributed by atoms with Crippen molar-refractivity contribution in [2.24, 2.45) is 0 Å². The summed E-state index contributed by atoms with van der Waals surface area (Å²) >= 11 is 0. The molecule has 0 atom stereocenters. The summed E-state index contributed by atoms with van der Waals surface area (Å²) in [6, 6.07) is 12.2. The van der Waals surface area contributed by atoms with Crippen molar-refractivity contribution in [3.05, 3.63) is 60.4 Å². The third-order valence-corrected chi connectivity index (χ3v) is 6.25. The second-order valence-corrected chi connectivity index (χ2v) is 9.62. The van der Waals surface area contributed by atoms with Crippen molar-refractivity contribution in [2.75, 3.05) is 18.1 Å². The van der Waals surface area contributed by atoms with Gasteiger partial charge in [0.25, 0.3) is 10.0 Å². The van der Waals surface area contributed by atoms with E-state index < -0.39 is 25.7 Å². The number of aromatic nitrogens is 2. The number of anilines is 1. The van der Waals surface area contributed by atoms with E-state index in [4.69, 9.17) is 4.74 Å². The number of benzene rings is 2. The lowest BCUT2D eigenvalue weighted by atomic mass is 10.1. The van der Waals surface area contributed by atoms with Crippen LogP contribution in [-0.4, -0.2) is 40.4 Å². The number of rotatable bonds is 6. The maximum absolute atomic E-state index is 13.5. The average Bonchev–Trinajstić information content (AvgIpc) is 2.68. The molecule has 3 aromatic rings. The SMILES string of the molecule is COc1ccc(F)cc1S(=O)(=O)Nc1ccc(-c2ccc(S(C)(=O)=O)nn2)cc1. The lowest BCUT2D eigenvalue weighted by Gasteiger charge is -2.12. The van der Waals surface area contributed by atoms with Gasteiger partial charge in [0.1, 0.15) is 16.5 Å². The molecule has 0 aliphatic carbocycles. The average molecular weight is 437 g/mol. The van der Waals surface area contributed by atoms with Crippen molar-refractivity contribution in [1.29, 1.82) is 0 Å². The van der Waals surface area contributed by atoms with Gasteiger partial charge in [0.15, 0.2) is 14.9 Å². The molecule has 0 bridgehead atoms. The normalized spacial score (nSPS) is 11.8. The van der Waals surface area contributed by atoms with Crippen LogP contribution in [0.4, 0.5) is 10.1 Å². The van der Waals surface area contributed by atoms with E-state index >= 15 is 0 Å². The fourth-order valence-corrected chi connectivity index (χ4v) is 4.20. The Kier molecular flexibility index (Phi) is 5.53. The van der Waals surface area contributed by atoms with Crippen molar-refractivity contribution in [3.8, 4) is 17.0 Å². The molecular formula is C18H16FN3O5S2. The first-order valence-electron chi connectivity index (χ1n) is 8.11. The monoisotopic (exact) mass is 437 g/mol. The number of ether oxygens (including phenoxy) is 1. The zero-order chi connectivity index (χ0) is 21.2. The zero-order valence-corrected chi connectivity index (χ0v) is 17.0. The fraction of sp³-hybridized carbons (Fsp3) is 0.111. The van der Waals surface area contributed by atoms with Gasteiger partial charge in [-0.3, -0.25) is 4.72 Å². The molecule has 0 unspecified atom stereocenters. The lowest BCUT2D eigenvalue weighted by molar-refractivity contribution is 0.401. The first-order chi connectivity index (χ1) is 13.6. The van der Waals surface area contributed by atoms with Crippen molar-refractivity contribution < 1.29 is 26.0 Å². The van der Waals surface area contributed by atoms with Crippen LogP contribution < -0.4 is 9.46 Å². The van der Waals surface area contributed by atoms with Gasteiger partial charge < -0.3 is 4.74 Å². The highest BCUT2D eigenvalue weighted by Crippen LogP contribution is 2.27. The summed E-state index contributed by atoms with van der Waals surface area (Å²) < 4.78 is 68.9. The number of hydrogen-bond donors (Lipinski definition) is 1. The van der Waals surface area contributed by atoms with E-state index in [-0.39, 0.29) is 21.4 Å². The van der Waals surface area contributed by atoms with Gasteiger partial charge in [0.05, 0.1) is 12.8 Å². The first kappa shape index (κ1) is 20.7. The number of sulfone groups is 1. The number of halogens is 1. The Morgan fingerprint density at radius 2 is 1.62 bits per heavy atom. The summed E-state index contributed by atoms with van der Waals surface area (Å²) in [7, 11) is -6.25. The largest absolute Gasteiger partial charge is 0.495 e. The minimum absolute atomic E-state index is 0.0109. The number of sulfonamides is 1. The van der Waals surface area contributed by atoms with Crippen molar-refractivity contribution in [3.63, 3.8) is 0 Å². The molecule has 0 fully saturated rings. The van der Waals surface area contributed by atoms with Crippen LogP contribution in [0.1, 0.15) is 0 Å². The molecule has 3 rings (SSSR count). The summed E-state index contributed by atoms with van der Waals surface area (Å²) in [5.41, 5.74) is 1.25. The van der Waals surface area contributed by atoms with E-state index in [1.807, 2.05) is 0 Å². The Morgan fingerprint density at radius 3 is 2.17 bits per heavy atom. The molecular weight excluding hydrogens is 421 g/mol. The lowest BCUT2D eigenvalue weighted by Crippen LogP contribution is -2.14. The highest BCUT2D eigenvalue weighted by molar-refractivity contribution is 7.92. The van der Waals surface area contributed by atoms with E-state index in [0.29, 0.717) is 11.3 Å². The molecule has 11 heteroatoms. The molecule has 1 N–H and O–H groups in total. The Bertz CT molecular complexity index is 1240. The number of nitrogens with one attached hydrogen (secondary N) is 1. The van der Waals surface area contributed by atoms with Crippen LogP contribution >= 0.6 is 0 Å². The summed E-state index contributed by atoms with van der Waals surface area (Å²) in [4.78, 5) is -0.327. The number of hydrogen-bond acceptors (Lipinski definition) is 7. The maximum atomic E-state index is 13.5. The summed E-state index contributed by atoms with van der Waals surface area (Å²) in [5.74, 6) is -0.700. The van der Waals surface area contributed by atoms with Gasteiger partial charge in [-0.15, -0.1) is 10.2 Å². The topological polar surface area (TPSA) is 115 Å². The molecule has 0 amide bonds. The molecule has 2 aromatic carbocycles. The van der Waals surface area contributed by atoms with Gasteiger partial charge in [0.2, 0.25) is 0 Å². The van der Waals surface area contributed by atoms with E-state index in [1.165, 1.54) is 37.4 Å². The van der Waals surface area contributed by atoms with Gasteiger partial charge in [-0.2, -0.15) is 0 Å². The summed E-state index contributed by atoms with van der Waals surface area (Å²) in [6.45, 7) is 0. The van der Waals surface area contributed by atoms with Crippen molar-refractivity contribution >= 4 is 25.5 Å². The zero-order valence-electron chi connectivity index (χ0n) is 15.3. The minimum atomic E-state index is -4.09. The highest BCUT2D eigenvalue weighted by Gasteiger charge is 2.20. The Morgan fingerprint density at radius 1 is 0.931 bits per heavy atom. The Labute approximate surface area is 167 Å². The molecule has 1 aromatic heterocycles. The standard InChI is InChI=1S/C18H16FN3O5S2/c1-27-16-9-5-13(19)11-17(16)29(25,26)22-14-6-3-12(4-7-14)15-8-10-18(21-20-15)28(2,23)24/h3-11,22H,1-2H3. The van der Waals surface area contributed by atoms with E-state index in [1.54, 1.807) is 12.1 Å². The van der Waals surface area contributed by atoms with Gasteiger partial charge >= 0.3 is 0 Å². The second kappa shape index (κ2) is 7.76. The second-order valence-electron chi connectivity index (χ2n) is 6.01. The van der Waals surface area contributed by atoms with Gasteiger partial charge in [-0.25, -0.2) is 21.2 Å². The molecule has 0 aliphatic heterocycles. The Balaban J connectivity index is 1.85. The van der Waals surface area contributed by atoms with Crippen LogP contribution in [0, 0.1) is 5.82 Å². The smallest absolute Gasteiger partial charge is 0.265 e. The van der Waals surface area contributed by atoms with Crippen LogP contribution in [-0.2, 0) is 19.9 Å². The van der Waals surface area contributed by atoms with E-state index in [9.17, 15) is 21.2 Å². The van der Waals surface area contributed by atoms with Crippen LogP contribution in [0.5, 0.6) is 5.75 Å². The van der Waals surface area contributed by atoms with Crippen LogP contribution in [0.3, 0.4) is 0 Å². The highest BCUT2D eigenvalue weighted by atomic mass is 32.2. The van der Waals surface area contributed by atoms with Crippen LogP contribution in [0.15, 0.2) is 64.5 Å². The van der Waals surface area contributed by atoms with Gasteiger partial charge in [-0.05, 0) is 42.5 Å². The van der Waals surface area contributed by atoms with Gasteiger partial charge in [-0.1, -0.05) is 12.1 Å². The quantitative estimate of drug-likeness (QED) is 0.630. The third-order valence-electron chi connectivity index (χ3n) is 3.87. The Hall–Kier alpha value is -3.05. The minimum Gasteiger partial charge on any atom is -0.495 e. The number of nitrogens with zero attached hydrogens (tertiary/aromatic N) is 2. The molecule has 1 heterocycles. The molecule has 0 spiro atoms. The van der Waals surface area contributed by atoms with Gasteiger partial charge in [0, 0.05) is 17.5 Å².